The highest BCUT2D eigenvalue weighted by Crippen LogP contribution is 2.29. The predicted molar refractivity (Wildman–Crippen MR) is 80.9 cm³/mol. The average Bonchev–Trinajstić information content (AvgIpc) is 2.86. The van der Waals surface area contributed by atoms with Gasteiger partial charge in [0.05, 0.1) is 12.2 Å². The molecule has 1 fully saturated rings. The molecule has 4 heteroatoms. The first-order valence-electron chi connectivity index (χ1n) is 7.17. The van der Waals surface area contributed by atoms with Gasteiger partial charge in [-0.15, -0.1) is 0 Å². The molecule has 0 saturated carbocycles. The van der Waals surface area contributed by atoms with E-state index < -0.39 is 0 Å². The van der Waals surface area contributed by atoms with Crippen LogP contribution in [0.4, 0.5) is 0 Å². The second kappa shape index (κ2) is 6.68. The van der Waals surface area contributed by atoms with Gasteiger partial charge in [0.1, 0.15) is 0 Å². The zero-order valence-electron chi connectivity index (χ0n) is 12.9. The highest BCUT2D eigenvalue weighted by molar-refractivity contribution is 5.33. The van der Waals surface area contributed by atoms with Gasteiger partial charge in [-0.1, -0.05) is 23.8 Å². The number of nitrogens with zero attached hydrogens (tertiary/aromatic N) is 1. The topological polar surface area (TPSA) is 47.7 Å². The summed E-state index contributed by atoms with van der Waals surface area (Å²) in [6.07, 6.45) is 0.248. The summed E-state index contributed by atoms with van der Waals surface area (Å²) in [5.41, 5.74) is 9.94. The van der Waals surface area contributed by atoms with E-state index in [4.69, 9.17) is 15.2 Å². The smallest absolute Gasteiger partial charge is 0.0972 e. The minimum atomic E-state index is 0.124. The van der Waals surface area contributed by atoms with E-state index >= 15 is 0 Å². The Hall–Kier alpha value is -0.940. The van der Waals surface area contributed by atoms with Crippen LogP contribution in [0.5, 0.6) is 0 Å². The Labute approximate surface area is 121 Å². The van der Waals surface area contributed by atoms with E-state index in [1.807, 2.05) is 0 Å². The van der Waals surface area contributed by atoms with E-state index in [2.05, 4.69) is 36.9 Å². The summed E-state index contributed by atoms with van der Waals surface area (Å²) in [6, 6.07) is 6.79. The quantitative estimate of drug-likeness (QED) is 0.889. The fraction of sp³-hybridized carbons (Fsp3) is 0.625. The van der Waals surface area contributed by atoms with Crippen molar-refractivity contribution in [3.05, 3.63) is 34.9 Å². The zero-order chi connectivity index (χ0) is 14.7. The lowest BCUT2D eigenvalue weighted by Gasteiger charge is -2.28. The summed E-state index contributed by atoms with van der Waals surface area (Å²) in [5.74, 6) is 0. The molecule has 20 heavy (non-hydrogen) atoms. The number of aryl methyl sites for hydroxylation is 2. The largest absolute Gasteiger partial charge is 0.377 e. The van der Waals surface area contributed by atoms with Gasteiger partial charge in [0.25, 0.3) is 0 Å². The number of hydrogen-bond acceptors (Lipinski definition) is 4. The van der Waals surface area contributed by atoms with E-state index in [9.17, 15) is 0 Å². The first-order valence-corrected chi connectivity index (χ1v) is 7.17. The molecular weight excluding hydrogens is 252 g/mol. The number of hydrogen-bond donors (Lipinski definition) is 1. The van der Waals surface area contributed by atoms with Gasteiger partial charge < -0.3 is 15.2 Å². The second-order valence-electron chi connectivity index (χ2n) is 5.61. The molecule has 4 nitrogen and oxygen atoms in total. The monoisotopic (exact) mass is 278 g/mol. The van der Waals surface area contributed by atoms with Crippen LogP contribution in [0.3, 0.4) is 0 Å². The molecule has 0 radical (unpaired) electrons. The van der Waals surface area contributed by atoms with Gasteiger partial charge in [0, 0.05) is 39.9 Å². The number of likely N-dealkylation sites (tertiary alicyclic amines) is 1. The number of ether oxygens (including phenoxy) is 2. The normalized spacial score (nSPS) is 25.1. The van der Waals surface area contributed by atoms with Crippen LogP contribution in [0.25, 0.3) is 0 Å². The van der Waals surface area contributed by atoms with Crippen molar-refractivity contribution in [1.82, 2.24) is 4.90 Å². The van der Waals surface area contributed by atoms with Crippen molar-refractivity contribution in [3.8, 4) is 0 Å². The summed E-state index contributed by atoms with van der Waals surface area (Å²) >= 11 is 0. The van der Waals surface area contributed by atoms with E-state index in [1.165, 1.54) is 16.7 Å². The molecule has 0 spiro atoms. The first-order chi connectivity index (χ1) is 9.60. The lowest BCUT2D eigenvalue weighted by molar-refractivity contribution is -0.00461. The molecule has 0 amide bonds. The van der Waals surface area contributed by atoms with Crippen LogP contribution < -0.4 is 5.73 Å². The van der Waals surface area contributed by atoms with Crippen LogP contribution in [0.2, 0.25) is 0 Å². The van der Waals surface area contributed by atoms with Crippen molar-refractivity contribution in [2.24, 2.45) is 5.73 Å². The molecule has 1 aromatic carbocycles. The third-order valence-electron chi connectivity index (χ3n) is 4.31. The highest BCUT2D eigenvalue weighted by atomic mass is 16.5. The Morgan fingerprint density at radius 3 is 2.30 bits per heavy atom. The number of methoxy groups -OCH3 is 2. The van der Waals surface area contributed by atoms with E-state index in [0.717, 1.165) is 13.1 Å². The fourth-order valence-corrected chi connectivity index (χ4v) is 3.07. The van der Waals surface area contributed by atoms with Crippen molar-refractivity contribution in [1.29, 1.82) is 0 Å². The summed E-state index contributed by atoms with van der Waals surface area (Å²) in [7, 11) is 3.49. The maximum atomic E-state index is 6.05. The maximum absolute atomic E-state index is 6.05. The third-order valence-corrected chi connectivity index (χ3v) is 4.31. The second-order valence-corrected chi connectivity index (χ2v) is 5.61. The molecule has 1 saturated heterocycles. The highest BCUT2D eigenvalue weighted by Gasteiger charge is 2.36. The summed E-state index contributed by atoms with van der Waals surface area (Å²) < 4.78 is 11.0. The van der Waals surface area contributed by atoms with Crippen LogP contribution >= 0.6 is 0 Å². The third kappa shape index (κ3) is 3.04. The van der Waals surface area contributed by atoms with Crippen LogP contribution in [-0.4, -0.2) is 51.0 Å². The molecule has 2 N–H and O–H groups in total. The fourth-order valence-electron chi connectivity index (χ4n) is 3.07. The van der Waals surface area contributed by atoms with Gasteiger partial charge in [-0.2, -0.15) is 0 Å². The van der Waals surface area contributed by atoms with Gasteiger partial charge in [0.2, 0.25) is 0 Å². The standard InChI is InChI=1S/C16H26N2O2/c1-11-5-6-12(2)13(7-11)14(8-17)18-9-15(19-3)16(10-18)20-4/h5-7,14-16H,8-10,17H2,1-4H3. The van der Waals surface area contributed by atoms with Crippen LogP contribution in [0.15, 0.2) is 18.2 Å². The summed E-state index contributed by atoms with van der Waals surface area (Å²) in [6.45, 7) is 6.61. The molecule has 3 atom stereocenters. The van der Waals surface area contributed by atoms with E-state index in [-0.39, 0.29) is 18.2 Å². The zero-order valence-corrected chi connectivity index (χ0v) is 12.9. The van der Waals surface area contributed by atoms with Crippen molar-refractivity contribution >= 4 is 0 Å². The Bertz CT molecular complexity index is 438. The van der Waals surface area contributed by atoms with E-state index in [0.29, 0.717) is 6.54 Å². The summed E-state index contributed by atoms with van der Waals surface area (Å²) in [4.78, 5) is 2.38. The van der Waals surface area contributed by atoms with Gasteiger partial charge in [-0.3, -0.25) is 4.90 Å². The predicted octanol–water partition coefficient (Wildman–Crippen LogP) is 1.65. The molecule has 3 unspecified atom stereocenters. The number of nitrogens with two attached hydrogens (primary N) is 1. The average molecular weight is 278 g/mol. The molecule has 112 valence electrons. The molecule has 1 aromatic rings. The number of benzene rings is 1. The lowest BCUT2D eigenvalue weighted by Crippen LogP contribution is -2.33. The van der Waals surface area contributed by atoms with Crippen LogP contribution in [0.1, 0.15) is 22.7 Å². The Morgan fingerprint density at radius 2 is 1.80 bits per heavy atom. The molecule has 0 aliphatic carbocycles. The molecule has 1 heterocycles. The Morgan fingerprint density at radius 1 is 1.20 bits per heavy atom. The van der Waals surface area contributed by atoms with E-state index in [1.54, 1.807) is 14.2 Å². The minimum absolute atomic E-state index is 0.124. The van der Waals surface area contributed by atoms with Gasteiger partial charge in [-0.05, 0) is 25.0 Å². The molecular formula is C16H26N2O2. The molecule has 0 bridgehead atoms. The molecule has 1 aliphatic heterocycles. The molecule has 1 aliphatic rings. The van der Waals surface area contributed by atoms with Crippen molar-refractivity contribution in [3.63, 3.8) is 0 Å². The van der Waals surface area contributed by atoms with Crippen LogP contribution in [0, 0.1) is 13.8 Å². The molecule has 2 rings (SSSR count). The summed E-state index contributed by atoms with van der Waals surface area (Å²) in [5, 5.41) is 0. The van der Waals surface area contributed by atoms with Crippen molar-refractivity contribution in [2.75, 3.05) is 33.9 Å². The lowest BCUT2D eigenvalue weighted by atomic mass is 9.98. The number of rotatable bonds is 5. The Balaban J connectivity index is 2.23. The Kier molecular flexibility index (Phi) is 5.16. The molecule has 0 aromatic heterocycles. The van der Waals surface area contributed by atoms with Gasteiger partial charge >= 0.3 is 0 Å². The first kappa shape index (κ1) is 15.4. The van der Waals surface area contributed by atoms with Gasteiger partial charge in [-0.25, -0.2) is 0 Å². The van der Waals surface area contributed by atoms with Crippen LogP contribution in [-0.2, 0) is 9.47 Å². The van der Waals surface area contributed by atoms with Gasteiger partial charge in [0.15, 0.2) is 0 Å². The van der Waals surface area contributed by atoms with Crippen molar-refractivity contribution in [2.45, 2.75) is 32.1 Å². The maximum Gasteiger partial charge on any atom is 0.0972 e. The van der Waals surface area contributed by atoms with Crippen molar-refractivity contribution < 1.29 is 9.47 Å². The minimum Gasteiger partial charge on any atom is -0.377 e. The SMILES string of the molecule is COC1CN(C(CN)c2cc(C)ccc2C)CC1OC.